The maximum Gasteiger partial charge on any atom is 0.234 e. The van der Waals surface area contributed by atoms with Crippen LogP contribution in [0.25, 0.3) is 0 Å². The van der Waals surface area contributed by atoms with E-state index in [1.807, 2.05) is 45.8 Å². The number of likely N-dealkylation sites (N-methyl/N-ethyl adjacent to an activating group) is 1. The molecule has 0 unspecified atom stereocenters. The molecule has 2 N–H and O–H groups in total. The number of nitrogens with zero attached hydrogens (tertiary/aromatic N) is 3. The standard InChI is InChI=1S/C13H23N5O/c1-9(2)15-13(19)8-18(5)7-12-16-10(3)6-11(14-4)17-12/h6,9H,7-8H2,1-5H3,(H,15,19)(H,14,16,17). The van der Waals surface area contributed by atoms with E-state index in [9.17, 15) is 4.79 Å². The molecular weight excluding hydrogens is 242 g/mol. The Morgan fingerprint density at radius 1 is 1.42 bits per heavy atom. The van der Waals surface area contributed by atoms with E-state index in [1.165, 1.54) is 0 Å². The van der Waals surface area contributed by atoms with E-state index >= 15 is 0 Å². The Labute approximate surface area is 114 Å². The molecule has 1 heterocycles. The molecule has 0 aliphatic heterocycles. The van der Waals surface area contributed by atoms with Gasteiger partial charge in [-0.1, -0.05) is 0 Å². The number of carbonyl (C=O) groups is 1. The Kier molecular flexibility index (Phi) is 5.69. The fraction of sp³-hybridized carbons (Fsp3) is 0.615. The van der Waals surface area contributed by atoms with Gasteiger partial charge in [-0.25, -0.2) is 9.97 Å². The summed E-state index contributed by atoms with van der Waals surface area (Å²) in [6.45, 7) is 6.70. The predicted octanol–water partition coefficient (Wildman–Crippen LogP) is 0.783. The first-order valence-corrected chi connectivity index (χ1v) is 6.41. The van der Waals surface area contributed by atoms with E-state index in [0.29, 0.717) is 18.9 Å². The number of aromatic nitrogens is 2. The first kappa shape index (κ1) is 15.4. The van der Waals surface area contributed by atoms with E-state index < -0.39 is 0 Å². The highest BCUT2D eigenvalue weighted by molar-refractivity contribution is 5.78. The van der Waals surface area contributed by atoms with Crippen molar-refractivity contribution in [1.82, 2.24) is 20.2 Å². The number of anilines is 1. The summed E-state index contributed by atoms with van der Waals surface area (Å²) in [6, 6.07) is 2.04. The monoisotopic (exact) mass is 265 g/mol. The molecule has 106 valence electrons. The van der Waals surface area contributed by atoms with Crippen LogP contribution in [0, 0.1) is 6.92 Å². The van der Waals surface area contributed by atoms with Gasteiger partial charge in [0.05, 0.1) is 13.1 Å². The van der Waals surface area contributed by atoms with Gasteiger partial charge in [0.2, 0.25) is 5.91 Å². The Morgan fingerprint density at radius 3 is 2.68 bits per heavy atom. The lowest BCUT2D eigenvalue weighted by Crippen LogP contribution is -2.38. The third kappa shape index (κ3) is 5.65. The van der Waals surface area contributed by atoms with Gasteiger partial charge in [0, 0.05) is 24.8 Å². The average molecular weight is 265 g/mol. The molecule has 1 aromatic rings. The molecule has 0 bridgehead atoms. The lowest BCUT2D eigenvalue weighted by Gasteiger charge is -2.17. The molecule has 0 saturated carbocycles. The van der Waals surface area contributed by atoms with Crippen LogP contribution in [0.4, 0.5) is 5.82 Å². The minimum Gasteiger partial charge on any atom is -0.373 e. The van der Waals surface area contributed by atoms with Gasteiger partial charge >= 0.3 is 0 Å². The normalized spacial score (nSPS) is 10.9. The number of aryl methyl sites for hydroxylation is 1. The van der Waals surface area contributed by atoms with Crippen LogP contribution in [0.2, 0.25) is 0 Å². The van der Waals surface area contributed by atoms with Crippen LogP contribution in [0.5, 0.6) is 0 Å². The fourth-order valence-corrected chi connectivity index (χ4v) is 1.74. The summed E-state index contributed by atoms with van der Waals surface area (Å²) in [5, 5.41) is 5.86. The zero-order chi connectivity index (χ0) is 14.4. The molecule has 1 aromatic heterocycles. The Morgan fingerprint density at radius 2 is 2.11 bits per heavy atom. The molecule has 6 heteroatoms. The van der Waals surface area contributed by atoms with Crippen LogP contribution in [-0.2, 0) is 11.3 Å². The Hall–Kier alpha value is -1.69. The second-order valence-electron chi connectivity index (χ2n) is 4.96. The second kappa shape index (κ2) is 7.04. The van der Waals surface area contributed by atoms with Gasteiger partial charge in [0.25, 0.3) is 0 Å². The van der Waals surface area contributed by atoms with Gasteiger partial charge in [0.15, 0.2) is 0 Å². The molecule has 0 aromatic carbocycles. The van der Waals surface area contributed by atoms with Crippen molar-refractivity contribution >= 4 is 11.7 Å². The van der Waals surface area contributed by atoms with Crippen molar-refractivity contribution in [2.24, 2.45) is 0 Å². The summed E-state index contributed by atoms with van der Waals surface area (Å²) in [7, 11) is 3.70. The van der Waals surface area contributed by atoms with Crippen LogP contribution in [0.15, 0.2) is 6.07 Å². The lowest BCUT2D eigenvalue weighted by atomic mass is 10.3. The van der Waals surface area contributed by atoms with Gasteiger partial charge in [0.1, 0.15) is 11.6 Å². The van der Waals surface area contributed by atoms with Crippen molar-refractivity contribution in [2.75, 3.05) is 26.0 Å². The van der Waals surface area contributed by atoms with Crippen molar-refractivity contribution in [1.29, 1.82) is 0 Å². The summed E-state index contributed by atoms with van der Waals surface area (Å²) in [5.41, 5.74) is 0.911. The summed E-state index contributed by atoms with van der Waals surface area (Å²) in [6.07, 6.45) is 0. The zero-order valence-electron chi connectivity index (χ0n) is 12.3. The van der Waals surface area contributed by atoms with Crippen LogP contribution in [-0.4, -0.2) is 47.5 Å². The van der Waals surface area contributed by atoms with E-state index in [1.54, 1.807) is 0 Å². The second-order valence-corrected chi connectivity index (χ2v) is 4.96. The highest BCUT2D eigenvalue weighted by Gasteiger charge is 2.10. The van der Waals surface area contributed by atoms with E-state index in [-0.39, 0.29) is 11.9 Å². The summed E-state index contributed by atoms with van der Waals surface area (Å²) < 4.78 is 0. The summed E-state index contributed by atoms with van der Waals surface area (Å²) in [4.78, 5) is 22.3. The SMILES string of the molecule is CNc1cc(C)nc(CN(C)CC(=O)NC(C)C)n1. The van der Waals surface area contributed by atoms with Gasteiger partial charge in [-0.3, -0.25) is 9.69 Å². The molecule has 0 saturated heterocycles. The van der Waals surface area contributed by atoms with Crippen LogP contribution >= 0.6 is 0 Å². The molecule has 0 fully saturated rings. The van der Waals surface area contributed by atoms with Crippen molar-refractivity contribution in [2.45, 2.75) is 33.4 Å². The third-order valence-corrected chi connectivity index (χ3v) is 2.43. The highest BCUT2D eigenvalue weighted by Crippen LogP contribution is 2.06. The molecule has 1 rings (SSSR count). The van der Waals surface area contributed by atoms with Crippen molar-refractivity contribution in [3.63, 3.8) is 0 Å². The van der Waals surface area contributed by atoms with Gasteiger partial charge < -0.3 is 10.6 Å². The van der Waals surface area contributed by atoms with Crippen molar-refractivity contribution in [3.05, 3.63) is 17.6 Å². The van der Waals surface area contributed by atoms with Gasteiger partial charge in [-0.15, -0.1) is 0 Å². The van der Waals surface area contributed by atoms with Crippen molar-refractivity contribution < 1.29 is 4.79 Å². The molecule has 0 aliphatic rings. The van der Waals surface area contributed by atoms with Crippen LogP contribution in [0.1, 0.15) is 25.4 Å². The number of carbonyl (C=O) groups excluding carboxylic acids is 1. The quantitative estimate of drug-likeness (QED) is 0.795. The lowest BCUT2D eigenvalue weighted by molar-refractivity contribution is -0.122. The Balaban J connectivity index is 2.59. The van der Waals surface area contributed by atoms with Crippen LogP contribution in [0.3, 0.4) is 0 Å². The van der Waals surface area contributed by atoms with Gasteiger partial charge in [-0.05, 0) is 27.8 Å². The smallest absolute Gasteiger partial charge is 0.234 e. The predicted molar refractivity (Wildman–Crippen MR) is 75.9 cm³/mol. The molecule has 19 heavy (non-hydrogen) atoms. The maximum absolute atomic E-state index is 11.6. The van der Waals surface area contributed by atoms with Crippen molar-refractivity contribution in [3.8, 4) is 0 Å². The first-order valence-electron chi connectivity index (χ1n) is 6.41. The number of hydrogen-bond acceptors (Lipinski definition) is 5. The zero-order valence-corrected chi connectivity index (χ0v) is 12.3. The molecule has 6 nitrogen and oxygen atoms in total. The Bertz CT molecular complexity index is 433. The average Bonchev–Trinajstić information content (AvgIpc) is 2.26. The number of nitrogens with one attached hydrogen (secondary N) is 2. The molecular formula is C13H23N5O. The molecule has 0 aliphatic carbocycles. The molecule has 0 atom stereocenters. The minimum absolute atomic E-state index is 0.0130. The van der Waals surface area contributed by atoms with E-state index in [4.69, 9.17) is 0 Å². The summed E-state index contributed by atoms with van der Waals surface area (Å²) >= 11 is 0. The fourth-order valence-electron chi connectivity index (χ4n) is 1.74. The van der Waals surface area contributed by atoms with Gasteiger partial charge in [-0.2, -0.15) is 0 Å². The third-order valence-electron chi connectivity index (χ3n) is 2.43. The maximum atomic E-state index is 11.6. The molecule has 0 radical (unpaired) electrons. The molecule has 0 spiro atoms. The largest absolute Gasteiger partial charge is 0.373 e. The highest BCUT2D eigenvalue weighted by atomic mass is 16.2. The minimum atomic E-state index is 0.0130. The summed E-state index contributed by atoms with van der Waals surface area (Å²) in [5.74, 6) is 1.52. The van der Waals surface area contributed by atoms with E-state index in [2.05, 4.69) is 20.6 Å². The number of hydrogen-bond donors (Lipinski definition) is 2. The first-order chi connectivity index (χ1) is 8.90. The molecule has 1 amide bonds. The van der Waals surface area contributed by atoms with Crippen LogP contribution < -0.4 is 10.6 Å². The van der Waals surface area contributed by atoms with E-state index in [0.717, 1.165) is 11.5 Å². The topological polar surface area (TPSA) is 70.2 Å². The number of amides is 1. The number of rotatable bonds is 6.